The fourth-order valence-corrected chi connectivity index (χ4v) is 3.01. The summed E-state index contributed by atoms with van der Waals surface area (Å²) in [5.41, 5.74) is 0.578. The molecule has 1 aliphatic heterocycles. The van der Waals surface area contributed by atoms with E-state index in [0.717, 1.165) is 0 Å². The number of hydrogen-bond acceptors (Lipinski definition) is 7. The van der Waals surface area contributed by atoms with Crippen molar-refractivity contribution in [3.63, 3.8) is 0 Å². The van der Waals surface area contributed by atoms with Gasteiger partial charge in [-0.05, 0) is 24.3 Å². The molecule has 0 amide bonds. The average Bonchev–Trinajstić information content (AvgIpc) is 3.04. The first-order chi connectivity index (χ1) is 13.8. The Labute approximate surface area is 166 Å². The van der Waals surface area contributed by atoms with Gasteiger partial charge < -0.3 is 28.5 Å². The molecule has 0 spiro atoms. The molecule has 2 aromatic carbocycles. The Morgan fingerprint density at radius 1 is 1.07 bits per heavy atom. The molecule has 1 N–H and O–H groups in total. The van der Waals surface area contributed by atoms with Crippen molar-refractivity contribution in [3.8, 4) is 28.6 Å². The molecule has 0 saturated carbocycles. The fraction of sp³-hybridized carbons (Fsp3) is 0.227. The number of aromatic hydroxyl groups is 1. The highest BCUT2D eigenvalue weighted by Gasteiger charge is 2.27. The number of phenols is 1. The molecule has 0 aliphatic carbocycles. The zero-order chi connectivity index (χ0) is 20.6. The zero-order valence-corrected chi connectivity index (χ0v) is 16.2. The van der Waals surface area contributed by atoms with Crippen molar-refractivity contribution in [2.45, 2.75) is 19.6 Å². The molecule has 4 rings (SSSR count). The molecular weight excluding hydrogens is 376 g/mol. The molecule has 1 aromatic heterocycles. The maximum atomic E-state index is 12.5. The molecule has 0 saturated heterocycles. The summed E-state index contributed by atoms with van der Waals surface area (Å²) in [6.45, 7) is 3.68. The lowest BCUT2D eigenvalue weighted by molar-refractivity contribution is -0.119. The SMILES string of the molecule is COc1ccc(-c2cc(=O)c3c(O)cc(OCC4=COC(C)(C)O4)cc3o2)cc1. The van der Waals surface area contributed by atoms with Gasteiger partial charge in [0.1, 0.15) is 46.8 Å². The summed E-state index contributed by atoms with van der Waals surface area (Å²) in [5, 5.41) is 10.4. The van der Waals surface area contributed by atoms with Crippen LogP contribution in [-0.2, 0) is 9.47 Å². The van der Waals surface area contributed by atoms with Crippen LogP contribution in [0.2, 0.25) is 0 Å². The van der Waals surface area contributed by atoms with Crippen LogP contribution in [0.15, 0.2) is 63.7 Å². The van der Waals surface area contributed by atoms with Crippen molar-refractivity contribution in [3.05, 3.63) is 64.7 Å². The maximum absolute atomic E-state index is 12.5. The lowest BCUT2D eigenvalue weighted by Gasteiger charge is -2.18. The van der Waals surface area contributed by atoms with E-state index in [1.807, 2.05) is 0 Å². The van der Waals surface area contributed by atoms with Crippen LogP contribution in [0.1, 0.15) is 13.8 Å². The van der Waals surface area contributed by atoms with Crippen LogP contribution in [0.3, 0.4) is 0 Å². The van der Waals surface area contributed by atoms with Gasteiger partial charge in [-0.25, -0.2) is 0 Å². The molecule has 150 valence electrons. The van der Waals surface area contributed by atoms with Gasteiger partial charge in [0.15, 0.2) is 11.2 Å². The van der Waals surface area contributed by atoms with Gasteiger partial charge in [0.05, 0.1) is 7.11 Å². The first-order valence-electron chi connectivity index (χ1n) is 8.98. The molecule has 0 unspecified atom stereocenters. The minimum Gasteiger partial charge on any atom is -0.507 e. The summed E-state index contributed by atoms with van der Waals surface area (Å²) in [7, 11) is 1.58. The number of fused-ring (bicyclic) bond motifs is 1. The quantitative estimate of drug-likeness (QED) is 0.692. The number of methoxy groups -OCH3 is 1. The average molecular weight is 396 g/mol. The molecule has 1 aliphatic rings. The molecule has 0 bridgehead atoms. The second-order valence-corrected chi connectivity index (χ2v) is 7.01. The third-order valence-electron chi connectivity index (χ3n) is 4.39. The van der Waals surface area contributed by atoms with E-state index in [4.69, 9.17) is 23.4 Å². The normalized spacial score (nSPS) is 14.8. The summed E-state index contributed by atoms with van der Waals surface area (Å²) >= 11 is 0. The predicted octanol–water partition coefficient (Wildman–Crippen LogP) is 4.18. The van der Waals surface area contributed by atoms with E-state index < -0.39 is 5.79 Å². The number of rotatable bonds is 5. The van der Waals surface area contributed by atoms with E-state index in [1.54, 1.807) is 51.3 Å². The topological polar surface area (TPSA) is 87.4 Å². The van der Waals surface area contributed by atoms with Crippen LogP contribution < -0.4 is 14.9 Å². The van der Waals surface area contributed by atoms with Gasteiger partial charge in [0.2, 0.25) is 5.79 Å². The van der Waals surface area contributed by atoms with E-state index in [-0.39, 0.29) is 28.8 Å². The largest absolute Gasteiger partial charge is 0.507 e. The van der Waals surface area contributed by atoms with E-state index in [0.29, 0.717) is 28.6 Å². The van der Waals surface area contributed by atoms with Crippen molar-refractivity contribution in [1.82, 2.24) is 0 Å². The van der Waals surface area contributed by atoms with Gasteiger partial charge in [0, 0.05) is 37.6 Å². The van der Waals surface area contributed by atoms with Gasteiger partial charge >= 0.3 is 0 Å². The second-order valence-electron chi connectivity index (χ2n) is 7.01. The first-order valence-corrected chi connectivity index (χ1v) is 8.98. The fourth-order valence-electron chi connectivity index (χ4n) is 3.01. The van der Waals surface area contributed by atoms with Crippen LogP contribution >= 0.6 is 0 Å². The second kappa shape index (κ2) is 7.09. The third kappa shape index (κ3) is 3.85. The first kappa shape index (κ1) is 18.7. The molecule has 3 aromatic rings. The van der Waals surface area contributed by atoms with Crippen molar-refractivity contribution in [2.75, 3.05) is 13.7 Å². The summed E-state index contributed by atoms with van der Waals surface area (Å²) < 4.78 is 27.6. The van der Waals surface area contributed by atoms with Gasteiger partial charge in [-0.2, -0.15) is 0 Å². The molecule has 0 fully saturated rings. The van der Waals surface area contributed by atoms with E-state index in [9.17, 15) is 9.90 Å². The predicted molar refractivity (Wildman–Crippen MR) is 106 cm³/mol. The van der Waals surface area contributed by atoms with Crippen LogP contribution in [0.5, 0.6) is 17.2 Å². The van der Waals surface area contributed by atoms with Crippen LogP contribution in [0.25, 0.3) is 22.3 Å². The Kier molecular flexibility index (Phi) is 4.58. The molecular formula is C22H20O7. The molecule has 0 radical (unpaired) electrons. The Hall–Kier alpha value is -3.61. The van der Waals surface area contributed by atoms with E-state index in [1.165, 1.54) is 18.4 Å². The Balaban J connectivity index is 1.65. The minimum absolute atomic E-state index is 0.0930. The lowest BCUT2D eigenvalue weighted by atomic mass is 10.1. The molecule has 7 heteroatoms. The summed E-state index contributed by atoms with van der Waals surface area (Å²) in [5.74, 6) is 0.969. The van der Waals surface area contributed by atoms with Crippen molar-refractivity contribution in [1.29, 1.82) is 0 Å². The molecule has 29 heavy (non-hydrogen) atoms. The Morgan fingerprint density at radius 2 is 1.83 bits per heavy atom. The standard InChI is InChI=1S/C22H20O7/c1-22(2)27-12-16(29-22)11-26-15-8-17(23)21-18(24)10-19(28-20(21)9-15)13-4-6-14(25-3)7-5-13/h4-10,12,23H,11H2,1-3H3. The highest BCUT2D eigenvalue weighted by molar-refractivity contribution is 5.86. The van der Waals surface area contributed by atoms with E-state index in [2.05, 4.69) is 0 Å². The highest BCUT2D eigenvalue weighted by Crippen LogP contribution is 2.32. The lowest BCUT2D eigenvalue weighted by Crippen LogP contribution is -2.21. The van der Waals surface area contributed by atoms with Crippen LogP contribution in [0.4, 0.5) is 0 Å². The van der Waals surface area contributed by atoms with Crippen molar-refractivity contribution < 1.29 is 28.5 Å². The van der Waals surface area contributed by atoms with Gasteiger partial charge in [-0.3, -0.25) is 4.79 Å². The maximum Gasteiger partial charge on any atom is 0.244 e. The van der Waals surface area contributed by atoms with Gasteiger partial charge in [-0.1, -0.05) is 0 Å². The number of benzene rings is 2. The molecule has 0 atom stereocenters. The Bertz CT molecular complexity index is 1140. The third-order valence-corrected chi connectivity index (χ3v) is 4.39. The molecule has 7 nitrogen and oxygen atoms in total. The summed E-state index contributed by atoms with van der Waals surface area (Å²) in [4.78, 5) is 12.5. The highest BCUT2D eigenvalue weighted by atomic mass is 16.7. The minimum atomic E-state index is -0.732. The van der Waals surface area contributed by atoms with Crippen molar-refractivity contribution in [2.24, 2.45) is 0 Å². The van der Waals surface area contributed by atoms with Crippen LogP contribution in [-0.4, -0.2) is 24.6 Å². The summed E-state index contributed by atoms with van der Waals surface area (Å²) in [6, 6.07) is 11.4. The number of hydrogen-bond donors (Lipinski definition) is 1. The van der Waals surface area contributed by atoms with Crippen molar-refractivity contribution >= 4 is 11.0 Å². The Morgan fingerprint density at radius 3 is 2.48 bits per heavy atom. The van der Waals surface area contributed by atoms with Gasteiger partial charge in [0.25, 0.3) is 0 Å². The number of ether oxygens (including phenoxy) is 4. The summed E-state index contributed by atoms with van der Waals surface area (Å²) in [6.07, 6.45) is 1.49. The van der Waals surface area contributed by atoms with E-state index >= 15 is 0 Å². The van der Waals surface area contributed by atoms with Gasteiger partial charge in [-0.15, -0.1) is 0 Å². The van der Waals surface area contributed by atoms with Crippen LogP contribution in [0, 0.1) is 0 Å². The monoisotopic (exact) mass is 396 g/mol. The molecule has 2 heterocycles. The number of phenolic OH excluding ortho intramolecular Hbond substituents is 1. The smallest absolute Gasteiger partial charge is 0.244 e. The zero-order valence-electron chi connectivity index (χ0n) is 16.2.